The van der Waals surface area contributed by atoms with E-state index in [2.05, 4.69) is 24.5 Å². The summed E-state index contributed by atoms with van der Waals surface area (Å²) >= 11 is 0. The molecule has 0 aromatic carbocycles. The third-order valence-electron chi connectivity index (χ3n) is 29.7. The van der Waals surface area contributed by atoms with Gasteiger partial charge in [-0.3, -0.25) is 9.59 Å². The monoisotopic (exact) mass is 2180 g/mol. The SMILES string of the molecule is CCCCCCCCCCCCC/C=C/[C@@H](O)[C@H](CO[C@@H]1OC(CO)[C@@H](O[C@@H]2OC(CO)[C@H](O[C@@H]3OC(CO)[C@H](O)[C@H](O[C@H]4OC(CO)[C@H](O)[C@H](O[C@H]5OC(CO)[C@H](O)[C@H](O[C@H]6OC(CO)[C@H](O)[C@H](O[C@H]7OC(CO)[C@H](O)[C@H](O[C@H]8OC(CO)[C@H](O)[C@H](O[C@@H]9OC(CO)[C@H](O)[C@H](O)C9NC(C)=O)C8O)C7O)C6O)C5O)C4O)C3O)[C@H](O)C2O)[C@H](O)C1O)NC(=O)CCCCCCCCCCCCCCCCCCCCCCCCC. The Bertz CT molecular complexity index is 3630. The van der Waals surface area contributed by atoms with E-state index in [1.807, 2.05) is 6.08 Å². The van der Waals surface area contributed by atoms with Crippen LogP contribution in [0.25, 0.3) is 0 Å². The summed E-state index contributed by atoms with van der Waals surface area (Å²) in [6.07, 6.45) is -48.2. The average Bonchev–Trinajstić information content (AvgIpc) is 0.766. The lowest BCUT2D eigenvalue weighted by atomic mass is 9.94. The molecule has 9 aliphatic heterocycles. The first-order valence-electron chi connectivity index (χ1n) is 54.5. The van der Waals surface area contributed by atoms with Gasteiger partial charge >= 0.3 is 0 Å². The molecule has 0 radical (unpaired) electrons. The highest BCUT2D eigenvalue weighted by Gasteiger charge is 2.62. The Balaban J connectivity index is 0.782. The number of hydrogen-bond acceptors (Lipinski definition) is 48. The van der Waals surface area contributed by atoms with Crippen LogP contribution in [0.15, 0.2) is 12.2 Å². The Kier molecular flexibility index (Phi) is 59.2. The number of aliphatic hydroxyl groups excluding tert-OH is 28. The van der Waals surface area contributed by atoms with Crippen LogP contribution < -0.4 is 10.6 Å². The van der Waals surface area contributed by atoms with E-state index in [1.165, 1.54) is 161 Å². The fourth-order valence-electron chi connectivity index (χ4n) is 20.5. The molecule has 0 spiro atoms. The predicted octanol–water partition coefficient (Wildman–Crippen LogP) is -5.97. The summed E-state index contributed by atoms with van der Waals surface area (Å²) in [7, 11) is 0. The largest absolute Gasteiger partial charge is 0.394 e. The summed E-state index contributed by atoms with van der Waals surface area (Å²) < 4.78 is 105. The van der Waals surface area contributed by atoms with E-state index in [0.717, 1.165) is 58.3 Å². The molecule has 0 aromatic rings. The quantitative estimate of drug-likeness (QED) is 0.0199. The zero-order valence-electron chi connectivity index (χ0n) is 86.5. The molecule has 50 heteroatoms. The number of unbranched alkanes of at least 4 members (excludes halogenated alkanes) is 33. The maximum Gasteiger partial charge on any atom is 0.220 e. The van der Waals surface area contributed by atoms with Gasteiger partial charge in [-0.15, -0.1) is 0 Å². The van der Waals surface area contributed by atoms with Crippen molar-refractivity contribution in [1.29, 1.82) is 0 Å². The zero-order valence-corrected chi connectivity index (χ0v) is 86.5. The normalized spacial score (nSPS) is 40.2. The number of carbonyl (C=O) groups excluding carboxylic acids is 2. The van der Waals surface area contributed by atoms with Crippen LogP contribution in [-0.4, -0.2) is 509 Å². The van der Waals surface area contributed by atoms with E-state index in [4.69, 9.17) is 85.3 Å². The second kappa shape index (κ2) is 68.2. The number of amides is 2. The molecule has 9 rings (SSSR count). The Labute approximate surface area is 875 Å². The third-order valence-corrected chi connectivity index (χ3v) is 29.7. The van der Waals surface area contributed by atoms with Crippen LogP contribution >= 0.6 is 0 Å². The molecule has 878 valence electrons. The van der Waals surface area contributed by atoms with Gasteiger partial charge in [-0.25, -0.2) is 0 Å². The third kappa shape index (κ3) is 37.2. The van der Waals surface area contributed by atoms with Gasteiger partial charge < -0.3 is 239 Å². The number of hydrogen-bond donors (Lipinski definition) is 30. The van der Waals surface area contributed by atoms with Crippen molar-refractivity contribution in [2.75, 3.05) is 66.1 Å². The van der Waals surface area contributed by atoms with E-state index >= 15 is 0 Å². The molecular formula is C100H180N2O48. The molecule has 2 amide bonds. The highest BCUT2D eigenvalue weighted by molar-refractivity contribution is 5.76. The lowest BCUT2D eigenvalue weighted by Gasteiger charge is -2.50. The zero-order chi connectivity index (χ0) is 109. The molecule has 50 nitrogen and oxygen atoms in total. The smallest absolute Gasteiger partial charge is 0.220 e. The number of nitrogens with one attached hydrogen (secondary N) is 2. The second-order valence-electron chi connectivity index (χ2n) is 41.2. The Morgan fingerprint density at radius 1 is 0.260 bits per heavy atom. The second-order valence-corrected chi connectivity index (χ2v) is 41.2. The van der Waals surface area contributed by atoms with Gasteiger partial charge in [0.1, 0.15) is 220 Å². The van der Waals surface area contributed by atoms with Crippen LogP contribution in [0.5, 0.6) is 0 Å². The molecule has 0 saturated carbocycles. The number of allylic oxidation sites excluding steroid dienone is 1. The van der Waals surface area contributed by atoms with Gasteiger partial charge in [0.15, 0.2) is 56.6 Å². The summed E-state index contributed by atoms with van der Waals surface area (Å²) in [5, 5.41) is 321. The van der Waals surface area contributed by atoms with Gasteiger partial charge in [0.2, 0.25) is 11.8 Å². The molecule has 150 heavy (non-hydrogen) atoms. The maximum atomic E-state index is 13.6. The number of carbonyl (C=O) groups is 2. The summed E-state index contributed by atoms with van der Waals surface area (Å²) in [6.45, 7) is -4.80. The topological polar surface area (TPSA) is 791 Å². The van der Waals surface area contributed by atoms with Crippen molar-refractivity contribution in [2.45, 2.75) is 540 Å². The van der Waals surface area contributed by atoms with Gasteiger partial charge in [-0.1, -0.05) is 231 Å². The highest BCUT2D eigenvalue weighted by atomic mass is 16.8. The van der Waals surface area contributed by atoms with Gasteiger partial charge in [-0.2, -0.15) is 0 Å². The first-order chi connectivity index (χ1) is 72.1. The molecule has 9 saturated heterocycles. The van der Waals surface area contributed by atoms with Crippen LogP contribution in [-0.2, 0) is 94.9 Å². The van der Waals surface area contributed by atoms with Gasteiger partial charge in [0.05, 0.1) is 78.2 Å². The molecule has 9 fully saturated rings. The van der Waals surface area contributed by atoms with Crippen LogP contribution in [0, 0.1) is 0 Å². The highest BCUT2D eigenvalue weighted by Crippen LogP contribution is 2.42. The number of ether oxygens (including phenoxy) is 18. The van der Waals surface area contributed by atoms with Gasteiger partial charge in [0.25, 0.3) is 0 Å². The Morgan fingerprint density at radius 3 is 0.767 bits per heavy atom. The van der Waals surface area contributed by atoms with E-state index < -0.39 is 360 Å². The van der Waals surface area contributed by atoms with Crippen LogP contribution in [0.4, 0.5) is 0 Å². The average molecular weight is 2180 g/mol. The van der Waals surface area contributed by atoms with Gasteiger partial charge in [-0.05, 0) is 19.3 Å². The molecule has 0 bridgehead atoms. The van der Waals surface area contributed by atoms with Crippen molar-refractivity contribution in [2.24, 2.45) is 0 Å². The van der Waals surface area contributed by atoms with E-state index in [1.54, 1.807) is 6.08 Å². The number of aliphatic hydroxyl groups is 28. The van der Waals surface area contributed by atoms with E-state index in [9.17, 15) is 153 Å². The van der Waals surface area contributed by atoms with E-state index in [0.29, 0.717) is 12.8 Å². The standard InChI is InChI=1S/C100H180N2O48/c1-4-6-8-10-12-14-16-18-19-20-21-22-23-24-25-26-27-29-31-33-35-37-39-41-64(114)102-53(54(113)40-38-36-34-32-30-28-17-15-13-11-9-7-5-2)51-133-93-76(125)74(123)84(62(49-110)141-93)143-94-77(126)75(124)85(63(50-111)142-94)144-95-79(128)87(68(117)57(44-105)135-95)146-97-81(130)89(70(119)59(46-107)137-97)148-99-83(132)91(72(121)61(48-109)139-99)150-100-82(131)90(71(120)60(47-108)140-100)149-98-80(129)88(69(118)58(45-106)138-98)147-96-78(127)86(67(116)56(43-104)136-96)145-92-65(101-52(3)112)73(122)66(115)55(42-103)134-92/h38,40,53-63,65-100,103-111,113,115-132H,4-37,39,41-51H2,1-3H3,(H,101,112)(H,102,114)/b40-38+/t53-,54+,55?,56?,57?,58?,59?,60?,61?,62?,63?,65?,66-,67-,68-,69-,70-,71-,72-,73+,74+,75+,76?,77?,78?,79?,80?,81?,82?,83?,84+,85-,86-,87-,88-,89-,90-,91-,92-,93+,94-,95-,96+,97+,98+,99+,100+/m0/s1. The van der Waals surface area contributed by atoms with Crippen molar-refractivity contribution in [3.8, 4) is 0 Å². The lowest BCUT2D eigenvalue weighted by Crippen LogP contribution is -2.69. The van der Waals surface area contributed by atoms with Crippen molar-refractivity contribution in [3.05, 3.63) is 12.2 Å². The molecule has 9 aliphatic rings. The maximum absolute atomic E-state index is 13.6. The molecule has 0 aromatic heterocycles. The van der Waals surface area contributed by atoms with Gasteiger partial charge in [0, 0.05) is 13.3 Å². The minimum atomic E-state index is -2.45. The first-order valence-corrected chi connectivity index (χ1v) is 54.5. The molecule has 18 unspecified atom stereocenters. The molecule has 9 heterocycles. The summed E-state index contributed by atoms with van der Waals surface area (Å²) in [4.78, 5) is 25.9. The lowest BCUT2D eigenvalue weighted by molar-refractivity contribution is -0.402. The minimum absolute atomic E-state index is 0.155. The fraction of sp³-hybridized carbons (Fsp3) is 0.960. The first kappa shape index (κ1) is 130. The van der Waals surface area contributed by atoms with E-state index in [-0.39, 0.29) is 12.3 Å². The molecular weight excluding hydrogens is 2000 g/mol. The van der Waals surface area contributed by atoms with Crippen molar-refractivity contribution < 1.29 is 238 Å². The molecule has 30 N–H and O–H groups in total. The van der Waals surface area contributed by atoms with Crippen LogP contribution in [0.2, 0.25) is 0 Å². The Morgan fingerprint density at radius 2 is 0.487 bits per heavy atom. The molecule has 0 aliphatic carbocycles. The van der Waals surface area contributed by atoms with Crippen molar-refractivity contribution >= 4 is 11.8 Å². The summed E-state index contributed by atoms with van der Waals surface area (Å²) in [6, 6.07) is -2.75. The number of rotatable bonds is 68. The molecule has 47 atom stereocenters. The minimum Gasteiger partial charge on any atom is -0.394 e. The summed E-state index contributed by atoms with van der Waals surface area (Å²) in [5.41, 5.74) is 0. The van der Waals surface area contributed by atoms with Crippen LogP contribution in [0.1, 0.15) is 252 Å². The predicted molar refractivity (Wildman–Crippen MR) is 517 cm³/mol. The summed E-state index contributed by atoms with van der Waals surface area (Å²) in [5.74, 6) is -1.15. The Hall–Kier alpha value is -3.16. The van der Waals surface area contributed by atoms with Crippen LogP contribution in [0.3, 0.4) is 0 Å². The van der Waals surface area contributed by atoms with Crippen molar-refractivity contribution in [1.82, 2.24) is 10.6 Å². The fourth-order valence-corrected chi connectivity index (χ4v) is 20.5. The van der Waals surface area contributed by atoms with Crippen molar-refractivity contribution in [3.63, 3.8) is 0 Å².